The van der Waals surface area contributed by atoms with Crippen LogP contribution in [0.15, 0.2) is 42.5 Å². The molecule has 0 spiro atoms. The van der Waals surface area contributed by atoms with Gasteiger partial charge in [0.05, 0.1) is 5.38 Å². The molecule has 0 N–H and O–H groups in total. The van der Waals surface area contributed by atoms with Crippen LogP contribution in [0.5, 0.6) is 0 Å². The fourth-order valence-corrected chi connectivity index (χ4v) is 2.60. The highest BCUT2D eigenvalue weighted by Gasteiger charge is 2.10. The lowest BCUT2D eigenvalue weighted by molar-refractivity contribution is 0.657. The summed E-state index contributed by atoms with van der Waals surface area (Å²) in [5.41, 5.74) is 1.28. The van der Waals surface area contributed by atoms with E-state index in [4.69, 9.17) is 11.6 Å². The van der Waals surface area contributed by atoms with Crippen molar-refractivity contribution in [1.82, 2.24) is 0 Å². The molecule has 0 saturated carbocycles. The Labute approximate surface area is 109 Å². The Balaban J connectivity index is 2.22. The van der Waals surface area contributed by atoms with Gasteiger partial charge in [0.15, 0.2) is 0 Å². The molecule has 1 unspecified atom stereocenters. The second-order valence-corrected chi connectivity index (χ2v) is 5.06. The lowest BCUT2D eigenvalue weighted by Gasteiger charge is -2.12. The fraction of sp³-hybridized carbons (Fsp3) is 0.375. The Morgan fingerprint density at radius 3 is 2.59 bits per heavy atom. The average Bonchev–Trinajstić information content (AvgIpc) is 2.38. The normalized spacial score (nSPS) is 12.8. The van der Waals surface area contributed by atoms with Crippen LogP contribution in [0.1, 0.15) is 43.5 Å². The minimum atomic E-state index is 0.146. The predicted molar refractivity (Wildman–Crippen MR) is 76.7 cm³/mol. The van der Waals surface area contributed by atoms with Gasteiger partial charge in [-0.3, -0.25) is 0 Å². The van der Waals surface area contributed by atoms with Gasteiger partial charge >= 0.3 is 0 Å². The highest BCUT2D eigenvalue weighted by molar-refractivity contribution is 6.21. The second-order valence-electron chi connectivity index (χ2n) is 4.53. The molecule has 2 rings (SSSR count). The molecule has 0 nitrogen and oxygen atoms in total. The first-order chi connectivity index (χ1) is 8.33. The molecule has 0 saturated heterocycles. The van der Waals surface area contributed by atoms with Crippen LogP contribution in [0.25, 0.3) is 10.8 Å². The minimum absolute atomic E-state index is 0.146. The first kappa shape index (κ1) is 12.4. The van der Waals surface area contributed by atoms with Crippen LogP contribution >= 0.6 is 11.6 Å². The van der Waals surface area contributed by atoms with Crippen molar-refractivity contribution in [3.63, 3.8) is 0 Å². The van der Waals surface area contributed by atoms with Crippen molar-refractivity contribution in [2.45, 2.75) is 38.0 Å². The SMILES string of the molecule is CCCCCC(Cl)c1cccc2ccccc12. The first-order valence-corrected chi connectivity index (χ1v) is 6.88. The van der Waals surface area contributed by atoms with Crippen molar-refractivity contribution in [3.8, 4) is 0 Å². The first-order valence-electron chi connectivity index (χ1n) is 6.44. The molecule has 1 heteroatoms. The summed E-state index contributed by atoms with van der Waals surface area (Å²) >= 11 is 6.52. The van der Waals surface area contributed by atoms with Gasteiger partial charge in [0.2, 0.25) is 0 Å². The molecule has 2 aromatic rings. The molecule has 2 aromatic carbocycles. The molecule has 0 bridgehead atoms. The maximum absolute atomic E-state index is 6.52. The molecule has 0 aliphatic carbocycles. The average molecular weight is 247 g/mol. The molecule has 0 aliphatic rings. The molecular formula is C16H19Cl. The quantitative estimate of drug-likeness (QED) is 0.469. The minimum Gasteiger partial charge on any atom is -0.118 e. The van der Waals surface area contributed by atoms with E-state index in [-0.39, 0.29) is 5.38 Å². The van der Waals surface area contributed by atoms with Gasteiger partial charge in [-0.15, -0.1) is 11.6 Å². The molecule has 0 aliphatic heterocycles. The highest BCUT2D eigenvalue weighted by atomic mass is 35.5. The highest BCUT2D eigenvalue weighted by Crippen LogP contribution is 2.32. The van der Waals surface area contributed by atoms with Gasteiger partial charge in [-0.2, -0.15) is 0 Å². The number of alkyl halides is 1. The molecule has 0 amide bonds. The Morgan fingerprint density at radius 1 is 1.00 bits per heavy atom. The molecule has 90 valence electrons. The van der Waals surface area contributed by atoms with Crippen molar-refractivity contribution in [2.24, 2.45) is 0 Å². The van der Waals surface area contributed by atoms with E-state index in [1.807, 2.05) is 0 Å². The smallest absolute Gasteiger partial charge is 0.0591 e. The Morgan fingerprint density at radius 2 is 1.76 bits per heavy atom. The zero-order chi connectivity index (χ0) is 12.1. The Hall–Kier alpha value is -1.01. The van der Waals surface area contributed by atoms with E-state index in [2.05, 4.69) is 49.4 Å². The van der Waals surface area contributed by atoms with E-state index >= 15 is 0 Å². The fourth-order valence-electron chi connectivity index (χ4n) is 2.25. The van der Waals surface area contributed by atoms with Gasteiger partial charge in [-0.05, 0) is 22.8 Å². The van der Waals surface area contributed by atoms with E-state index in [0.29, 0.717) is 0 Å². The molecule has 0 radical (unpaired) electrons. The maximum Gasteiger partial charge on any atom is 0.0591 e. The summed E-state index contributed by atoms with van der Waals surface area (Å²) in [5.74, 6) is 0. The van der Waals surface area contributed by atoms with Crippen LogP contribution in [0.4, 0.5) is 0 Å². The van der Waals surface area contributed by atoms with E-state index in [0.717, 1.165) is 6.42 Å². The van der Waals surface area contributed by atoms with Crippen molar-refractivity contribution in [3.05, 3.63) is 48.0 Å². The summed E-state index contributed by atoms with van der Waals surface area (Å²) in [7, 11) is 0. The Bertz CT molecular complexity index is 470. The van der Waals surface area contributed by atoms with Crippen molar-refractivity contribution < 1.29 is 0 Å². The van der Waals surface area contributed by atoms with Crippen molar-refractivity contribution in [1.29, 1.82) is 0 Å². The van der Waals surface area contributed by atoms with Crippen molar-refractivity contribution >= 4 is 22.4 Å². The number of halogens is 1. The topological polar surface area (TPSA) is 0 Å². The third-order valence-electron chi connectivity index (χ3n) is 3.22. The predicted octanol–water partition coefficient (Wildman–Crippen LogP) is 5.70. The largest absolute Gasteiger partial charge is 0.118 e. The molecule has 17 heavy (non-hydrogen) atoms. The zero-order valence-electron chi connectivity index (χ0n) is 10.3. The maximum atomic E-state index is 6.52. The van der Waals surface area contributed by atoms with E-state index in [1.165, 1.54) is 35.6 Å². The number of hydrogen-bond acceptors (Lipinski definition) is 0. The summed E-state index contributed by atoms with van der Waals surface area (Å²) in [4.78, 5) is 0. The van der Waals surface area contributed by atoms with Crippen LogP contribution < -0.4 is 0 Å². The summed E-state index contributed by atoms with van der Waals surface area (Å²) in [6.45, 7) is 2.22. The number of benzene rings is 2. The standard InChI is InChI=1S/C16H19Cl/c1-2-3-4-12-16(17)15-11-7-9-13-8-5-6-10-14(13)15/h5-11,16H,2-4,12H2,1H3. The Kier molecular flexibility index (Phi) is 4.44. The third-order valence-corrected chi connectivity index (χ3v) is 3.68. The van der Waals surface area contributed by atoms with Crippen LogP contribution in [-0.2, 0) is 0 Å². The third kappa shape index (κ3) is 3.01. The molecule has 0 aromatic heterocycles. The number of unbranched alkanes of at least 4 members (excludes halogenated alkanes) is 2. The summed E-state index contributed by atoms with van der Waals surface area (Å²) < 4.78 is 0. The summed E-state index contributed by atoms with van der Waals surface area (Å²) in [5, 5.41) is 2.73. The van der Waals surface area contributed by atoms with Gasteiger partial charge in [0.1, 0.15) is 0 Å². The van der Waals surface area contributed by atoms with Crippen molar-refractivity contribution in [2.75, 3.05) is 0 Å². The second kappa shape index (κ2) is 6.07. The van der Waals surface area contributed by atoms with E-state index in [9.17, 15) is 0 Å². The van der Waals surface area contributed by atoms with Gasteiger partial charge < -0.3 is 0 Å². The lowest BCUT2D eigenvalue weighted by atomic mass is 9.99. The van der Waals surface area contributed by atoms with Crippen LogP contribution in [0.2, 0.25) is 0 Å². The number of hydrogen-bond donors (Lipinski definition) is 0. The van der Waals surface area contributed by atoms with E-state index < -0.39 is 0 Å². The molecule has 0 fully saturated rings. The zero-order valence-corrected chi connectivity index (χ0v) is 11.1. The van der Waals surface area contributed by atoms with Crippen LogP contribution in [0, 0.1) is 0 Å². The lowest BCUT2D eigenvalue weighted by Crippen LogP contribution is -1.92. The monoisotopic (exact) mass is 246 g/mol. The molecular weight excluding hydrogens is 228 g/mol. The number of rotatable bonds is 5. The van der Waals surface area contributed by atoms with Gasteiger partial charge in [-0.25, -0.2) is 0 Å². The van der Waals surface area contributed by atoms with Crippen LogP contribution in [0.3, 0.4) is 0 Å². The molecule has 0 heterocycles. The molecule has 1 atom stereocenters. The summed E-state index contributed by atoms with van der Waals surface area (Å²) in [6.07, 6.45) is 4.81. The summed E-state index contributed by atoms with van der Waals surface area (Å²) in [6, 6.07) is 14.9. The van der Waals surface area contributed by atoms with Gasteiger partial charge in [-0.1, -0.05) is 68.7 Å². The number of fused-ring (bicyclic) bond motifs is 1. The van der Waals surface area contributed by atoms with Gasteiger partial charge in [0.25, 0.3) is 0 Å². The van der Waals surface area contributed by atoms with E-state index in [1.54, 1.807) is 0 Å². The van der Waals surface area contributed by atoms with Gasteiger partial charge in [0, 0.05) is 0 Å². The van der Waals surface area contributed by atoms with Crippen LogP contribution in [-0.4, -0.2) is 0 Å².